The van der Waals surface area contributed by atoms with Crippen LogP contribution in [0.4, 0.5) is 16.3 Å². The summed E-state index contributed by atoms with van der Waals surface area (Å²) in [5.41, 5.74) is 1.07. The average Bonchev–Trinajstić information content (AvgIpc) is 3.23. The first kappa shape index (κ1) is 17.3. The maximum Gasteiger partial charge on any atom is 0.230 e. The molecular formula is C18H20FN7O2. The Kier molecular flexibility index (Phi) is 4.49. The molecule has 1 N–H and O–H groups in total. The molecule has 0 unspecified atom stereocenters. The molecule has 0 radical (unpaired) electrons. The molecule has 28 heavy (non-hydrogen) atoms. The Morgan fingerprint density at radius 1 is 0.857 bits per heavy atom. The summed E-state index contributed by atoms with van der Waals surface area (Å²) in [5, 5.41) is 7.55. The van der Waals surface area contributed by atoms with Gasteiger partial charge in [0.1, 0.15) is 5.82 Å². The summed E-state index contributed by atoms with van der Waals surface area (Å²) >= 11 is 0. The van der Waals surface area contributed by atoms with Crippen molar-refractivity contribution in [1.29, 1.82) is 0 Å². The quantitative estimate of drug-likeness (QED) is 0.720. The summed E-state index contributed by atoms with van der Waals surface area (Å²) in [6.07, 6.45) is 1.60. The minimum atomic E-state index is -0.388. The van der Waals surface area contributed by atoms with Gasteiger partial charge in [-0.1, -0.05) is 0 Å². The lowest BCUT2D eigenvalue weighted by Gasteiger charge is -2.30. The Morgan fingerprint density at radius 3 is 2.07 bits per heavy atom. The number of nitrogens with one attached hydrogen (secondary N) is 1. The zero-order chi connectivity index (χ0) is 18.9. The molecule has 0 aliphatic carbocycles. The number of hydrogen-bond donors (Lipinski definition) is 1. The summed E-state index contributed by atoms with van der Waals surface area (Å²) in [7, 11) is 0. The second-order valence-corrected chi connectivity index (χ2v) is 6.71. The van der Waals surface area contributed by atoms with Crippen molar-refractivity contribution in [2.24, 2.45) is 0 Å². The topological polar surface area (TPSA) is 92.3 Å². The van der Waals surface area contributed by atoms with Crippen LogP contribution in [0.1, 0.15) is 0 Å². The molecular weight excluding hydrogens is 365 g/mol. The Hall–Kier alpha value is -2.85. The van der Waals surface area contributed by atoms with Crippen molar-refractivity contribution in [2.45, 2.75) is 0 Å². The lowest BCUT2D eigenvalue weighted by atomic mass is 10.1. The van der Waals surface area contributed by atoms with Gasteiger partial charge >= 0.3 is 0 Å². The van der Waals surface area contributed by atoms with Crippen LogP contribution in [0, 0.1) is 5.82 Å². The van der Waals surface area contributed by atoms with Crippen molar-refractivity contribution >= 4 is 22.8 Å². The highest BCUT2D eigenvalue weighted by Crippen LogP contribution is 2.30. The van der Waals surface area contributed by atoms with E-state index in [1.165, 1.54) is 6.07 Å². The molecule has 146 valence electrons. The van der Waals surface area contributed by atoms with E-state index in [4.69, 9.17) is 9.47 Å². The van der Waals surface area contributed by atoms with E-state index in [9.17, 15) is 4.39 Å². The largest absolute Gasteiger partial charge is 0.378 e. The molecule has 2 aliphatic heterocycles. The predicted molar refractivity (Wildman–Crippen MR) is 101 cm³/mol. The number of benzene rings is 1. The third kappa shape index (κ3) is 3.14. The van der Waals surface area contributed by atoms with Crippen molar-refractivity contribution in [2.75, 3.05) is 62.4 Å². The molecule has 2 saturated heterocycles. The Morgan fingerprint density at radius 2 is 1.46 bits per heavy atom. The fourth-order valence-electron chi connectivity index (χ4n) is 3.49. The van der Waals surface area contributed by atoms with Crippen LogP contribution in [0.15, 0.2) is 18.3 Å². The van der Waals surface area contributed by atoms with Crippen molar-refractivity contribution in [3.8, 4) is 11.4 Å². The van der Waals surface area contributed by atoms with Crippen LogP contribution in [0.2, 0.25) is 0 Å². The van der Waals surface area contributed by atoms with E-state index in [-0.39, 0.29) is 5.82 Å². The Balaban J connectivity index is 1.65. The molecule has 5 rings (SSSR count). The first-order chi connectivity index (χ1) is 13.8. The number of morpholine rings is 2. The average molecular weight is 385 g/mol. The van der Waals surface area contributed by atoms with Crippen LogP contribution in [0.3, 0.4) is 0 Å². The molecule has 0 amide bonds. The molecule has 9 nitrogen and oxygen atoms in total. The van der Waals surface area contributed by atoms with Crippen LogP contribution in [-0.4, -0.2) is 77.8 Å². The van der Waals surface area contributed by atoms with Gasteiger partial charge in [0.15, 0.2) is 5.82 Å². The number of anilines is 2. The van der Waals surface area contributed by atoms with Gasteiger partial charge in [-0.25, -0.2) is 4.39 Å². The normalized spacial score (nSPS) is 18.0. The van der Waals surface area contributed by atoms with Gasteiger partial charge in [-0.3, -0.25) is 5.10 Å². The molecule has 2 aliphatic rings. The second-order valence-electron chi connectivity index (χ2n) is 6.71. The van der Waals surface area contributed by atoms with Gasteiger partial charge in [0.25, 0.3) is 0 Å². The highest BCUT2D eigenvalue weighted by atomic mass is 19.1. The zero-order valence-electron chi connectivity index (χ0n) is 15.3. The van der Waals surface area contributed by atoms with E-state index in [2.05, 4.69) is 25.1 Å². The van der Waals surface area contributed by atoms with Gasteiger partial charge in [-0.15, -0.1) is 0 Å². The number of H-pyrrole nitrogens is 1. The highest BCUT2D eigenvalue weighted by Gasteiger charge is 2.23. The molecule has 3 aromatic rings. The molecule has 0 saturated carbocycles. The number of rotatable bonds is 3. The SMILES string of the molecule is Fc1ccc2[nH]ncc2c1-c1nc(N2CCOCC2)nc(N2CCOCC2)n1. The predicted octanol–water partition coefficient (Wildman–Crippen LogP) is 1.23. The van der Waals surface area contributed by atoms with Crippen LogP contribution >= 0.6 is 0 Å². The molecule has 0 bridgehead atoms. The number of hydrogen-bond acceptors (Lipinski definition) is 8. The van der Waals surface area contributed by atoms with E-state index >= 15 is 0 Å². The van der Waals surface area contributed by atoms with E-state index in [1.807, 2.05) is 9.80 Å². The van der Waals surface area contributed by atoms with Crippen LogP contribution in [-0.2, 0) is 9.47 Å². The molecule has 0 atom stereocenters. The molecule has 4 heterocycles. The number of aromatic nitrogens is 5. The first-order valence-electron chi connectivity index (χ1n) is 9.33. The fourth-order valence-corrected chi connectivity index (χ4v) is 3.49. The van der Waals surface area contributed by atoms with Gasteiger partial charge in [-0.05, 0) is 12.1 Å². The fraction of sp³-hybridized carbons (Fsp3) is 0.444. The maximum atomic E-state index is 14.8. The second kappa shape index (κ2) is 7.28. The number of ether oxygens (including phenoxy) is 2. The minimum absolute atomic E-state index is 0.308. The van der Waals surface area contributed by atoms with Gasteiger partial charge in [0, 0.05) is 31.6 Å². The third-order valence-electron chi connectivity index (χ3n) is 5.00. The summed E-state index contributed by atoms with van der Waals surface area (Å²) in [5.74, 6) is 0.993. The molecule has 10 heteroatoms. The lowest BCUT2D eigenvalue weighted by molar-refractivity contribution is 0.121. The standard InChI is InChI=1S/C18H20FN7O2/c19-13-1-2-14-12(11-20-24-14)15(13)16-21-17(25-3-7-27-8-4-25)23-18(22-16)26-5-9-28-10-6-26/h1-2,11H,3-10H2,(H,20,24). The highest BCUT2D eigenvalue weighted by molar-refractivity contribution is 5.93. The Bertz CT molecular complexity index is 947. The van der Waals surface area contributed by atoms with Crippen molar-refractivity contribution in [3.63, 3.8) is 0 Å². The summed E-state index contributed by atoms with van der Waals surface area (Å²) in [4.78, 5) is 18.0. The molecule has 2 aromatic heterocycles. The van der Waals surface area contributed by atoms with E-state index in [0.717, 1.165) is 5.52 Å². The van der Waals surface area contributed by atoms with Crippen molar-refractivity contribution in [3.05, 3.63) is 24.1 Å². The lowest BCUT2D eigenvalue weighted by Crippen LogP contribution is -2.40. The van der Waals surface area contributed by atoms with Gasteiger partial charge in [-0.2, -0.15) is 20.1 Å². The van der Waals surface area contributed by atoms with Crippen molar-refractivity contribution in [1.82, 2.24) is 25.1 Å². The molecule has 2 fully saturated rings. The van der Waals surface area contributed by atoms with Crippen molar-refractivity contribution < 1.29 is 13.9 Å². The summed E-state index contributed by atoms with van der Waals surface area (Å²) in [6.45, 7) is 5.18. The third-order valence-corrected chi connectivity index (χ3v) is 5.00. The monoisotopic (exact) mass is 385 g/mol. The van der Waals surface area contributed by atoms with Gasteiger partial charge in [0.2, 0.25) is 11.9 Å². The first-order valence-corrected chi connectivity index (χ1v) is 9.33. The van der Waals surface area contributed by atoms with Crippen LogP contribution in [0.25, 0.3) is 22.3 Å². The Labute approximate surface area is 160 Å². The molecule has 1 aromatic carbocycles. The number of fused-ring (bicyclic) bond motifs is 1. The number of nitrogens with zero attached hydrogens (tertiary/aromatic N) is 6. The van der Waals surface area contributed by atoms with Gasteiger partial charge < -0.3 is 19.3 Å². The summed E-state index contributed by atoms with van der Waals surface area (Å²) in [6, 6.07) is 3.07. The zero-order valence-corrected chi connectivity index (χ0v) is 15.3. The minimum Gasteiger partial charge on any atom is -0.378 e. The van der Waals surface area contributed by atoms with Crippen LogP contribution in [0.5, 0.6) is 0 Å². The smallest absolute Gasteiger partial charge is 0.230 e. The van der Waals surface area contributed by atoms with Crippen LogP contribution < -0.4 is 9.80 Å². The van der Waals surface area contributed by atoms with Gasteiger partial charge in [0.05, 0.1) is 43.7 Å². The van der Waals surface area contributed by atoms with E-state index in [1.54, 1.807) is 12.3 Å². The summed E-state index contributed by atoms with van der Waals surface area (Å²) < 4.78 is 25.7. The molecule has 0 spiro atoms. The maximum absolute atomic E-state index is 14.8. The number of halogens is 1. The number of aromatic amines is 1. The van der Waals surface area contributed by atoms with E-state index in [0.29, 0.717) is 81.3 Å². The van der Waals surface area contributed by atoms with E-state index < -0.39 is 0 Å².